The minimum atomic E-state index is -3.11. The number of carbonyl (C=O) groups is 2. The highest BCUT2D eigenvalue weighted by Crippen LogP contribution is 2.26. The molecule has 0 saturated carbocycles. The number of hydrazone groups is 1. The Morgan fingerprint density at radius 1 is 1.06 bits per heavy atom. The number of hydrogen-bond acceptors (Lipinski definition) is 7. The lowest BCUT2D eigenvalue weighted by molar-refractivity contribution is -0.156. The van der Waals surface area contributed by atoms with Gasteiger partial charge in [-0.2, -0.15) is 5.10 Å². The van der Waals surface area contributed by atoms with Crippen molar-refractivity contribution in [3.63, 3.8) is 0 Å². The van der Waals surface area contributed by atoms with Crippen LogP contribution >= 0.6 is 0 Å². The zero-order valence-corrected chi connectivity index (χ0v) is 20.1. The quantitative estimate of drug-likeness (QED) is 0.623. The highest BCUT2D eigenvalue weighted by Gasteiger charge is 2.38. The van der Waals surface area contributed by atoms with Crippen LogP contribution in [0.4, 0.5) is 5.69 Å². The summed E-state index contributed by atoms with van der Waals surface area (Å²) in [5, 5.41) is 8.78. The molecule has 33 heavy (non-hydrogen) atoms. The average Bonchev–Trinajstić information content (AvgIpc) is 3.17. The van der Waals surface area contributed by atoms with Crippen molar-refractivity contribution in [2.24, 2.45) is 5.10 Å². The number of sulfone groups is 1. The number of esters is 1. The molecule has 1 aliphatic rings. The number of ether oxygens (including phenoxy) is 1. The summed E-state index contributed by atoms with van der Waals surface area (Å²) in [6.45, 7) is 5.63. The molecule has 0 unspecified atom stereocenters. The van der Waals surface area contributed by atoms with E-state index in [0.29, 0.717) is 11.3 Å². The summed E-state index contributed by atoms with van der Waals surface area (Å²) < 4.78 is 28.4. The smallest absolute Gasteiger partial charge is 0.331 e. The van der Waals surface area contributed by atoms with Crippen LogP contribution in [0.3, 0.4) is 0 Å². The van der Waals surface area contributed by atoms with E-state index in [4.69, 9.17) is 4.74 Å². The molecule has 9 heteroatoms. The number of anilines is 1. The van der Waals surface area contributed by atoms with E-state index in [9.17, 15) is 18.0 Å². The Hall–Kier alpha value is -3.20. The molecule has 176 valence electrons. The maximum Gasteiger partial charge on any atom is 0.331 e. The summed E-state index contributed by atoms with van der Waals surface area (Å²) in [6, 6.07) is 15.4. The molecule has 1 N–H and O–H groups in total. The lowest BCUT2D eigenvalue weighted by atomic mass is 10.1. The fraction of sp³-hybridized carbons (Fsp3) is 0.375. The fourth-order valence-corrected chi connectivity index (χ4v) is 4.16. The first-order valence-corrected chi connectivity index (χ1v) is 12.7. The molecule has 1 atom stereocenters. The minimum absolute atomic E-state index is 0.0299. The van der Waals surface area contributed by atoms with Crippen molar-refractivity contribution in [1.29, 1.82) is 0 Å². The molecule has 2 aromatic rings. The number of benzene rings is 2. The van der Waals surface area contributed by atoms with Gasteiger partial charge in [0.25, 0.3) is 5.91 Å². The van der Waals surface area contributed by atoms with Crippen LogP contribution in [0, 0.1) is 0 Å². The Morgan fingerprint density at radius 3 is 2.24 bits per heavy atom. The minimum Gasteiger partial charge on any atom is -0.458 e. The zero-order valence-electron chi connectivity index (χ0n) is 19.2. The number of hydrogen-bond donors (Lipinski definition) is 1. The van der Waals surface area contributed by atoms with Gasteiger partial charge in [0.05, 0.1) is 11.4 Å². The molecule has 0 spiro atoms. The Kier molecular flexibility index (Phi) is 7.22. The molecule has 0 saturated heterocycles. The molecule has 1 aliphatic heterocycles. The van der Waals surface area contributed by atoms with Crippen molar-refractivity contribution >= 4 is 33.1 Å². The highest BCUT2D eigenvalue weighted by atomic mass is 32.2. The van der Waals surface area contributed by atoms with Gasteiger partial charge in [-0.1, -0.05) is 42.5 Å². The van der Waals surface area contributed by atoms with E-state index in [2.05, 4.69) is 10.4 Å². The zero-order chi connectivity index (χ0) is 24.2. The molecule has 2 aromatic carbocycles. The van der Waals surface area contributed by atoms with Crippen molar-refractivity contribution in [2.75, 3.05) is 11.3 Å². The molecule has 0 aliphatic carbocycles. The van der Waals surface area contributed by atoms with E-state index < -0.39 is 27.4 Å². The van der Waals surface area contributed by atoms with Gasteiger partial charge in [0.2, 0.25) is 0 Å². The Labute approximate surface area is 194 Å². The molecule has 8 nitrogen and oxygen atoms in total. The summed E-state index contributed by atoms with van der Waals surface area (Å²) in [6.07, 6.45) is 1.32. The first-order valence-electron chi connectivity index (χ1n) is 10.6. The predicted molar refractivity (Wildman–Crippen MR) is 127 cm³/mol. The second kappa shape index (κ2) is 9.74. The molecular formula is C24H29N3O5S. The maximum atomic E-state index is 12.8. The van der Waals surface area contributed by atoms with Gasteiger partial charge in [-0.15, -0.1) is 0 Å². The fourth-order valence-electron chi connectivity index (χ4n) is 3.36. The van der Waals surface area contributed by atoms with Gasteiger partial charge in [-0.3, -0.25) is 9.80 Å². The third-order valence-corrected chi connectivity index (χ3v) is 5.63. The number of rotatable bonds is 7. The first kappa shape index (κ1) is 24.4. The SMILES string of the molecule is CC(C)(C)OC(=O)[C@@H]1CC(C(=O)NCc2ccc(CS(C)(=O)=O)cc2)=NN1c1ccccc1. The molecule has 0 radical (unpaired) electrons. The Morgan fingerprint density at radius 2 is 1.67 bits per heavy atom. The molecule has 1 amide bonds. The first-order chi connectivity index (χ1) is 15.4. The number of carbonyl (C=O) groups excluding carboxylic acids is 2. The van der Waals surface area contributed by atoms with Crippen LogP contribution in [-0.2, 0) is 36.5 Å². The van der Waals surface area contributed by atoms with Crippen LogP contribution in [0.5, 0.6) is 0 Å². The predicted octanol–water partition coefficient (Wildman–Crippen LogP) is 2.82. The van der Waals surface area contributed by atoms with Crippen LogP contribution < -0.4 is 10.3 Å². The van der Waals surface area contributed by atoms with Crippen LogP contribution in [-0.4, -0.2) is 43.9 Å². The molecule has 0 aromatic heterocycles. The van der Waals surface area contributed by atoms with Crippen molar-refractivity contribution < 1.29 is 22.7 Å². The van der Waals surface area contributed by atoms with Crippen LogP contribution in [0.2, 0.25) is 0 Å². The highest BCUT2D eigenvalue weighted by molar-refractivity contribution is 7.89. The Balaban J connectivity index is 1.69. The summed E-state index contributed by atoms with van der Waals surface area (Å²) in [5.41, 5.74) is 1.78. The summed E-state index contributed by atoms with van der Waals surface area (Å²) >= 11 is 0. The van der Waals surface area contributed by atoms with Crippen LogP contribution in [0.25, 0.3) is 0 Å². The van der Waals surface area contributed by atoms with E-state index in [0.717, 1.165) is 5.56 Å². The number of nitrogens with zero attached hydrogens (tertiary/aromatic N) is 2. The molecule has 1 heterocycles. The third kappa shape index (κ3) is 7.15. The largest absolute Gasteiger partial charge is 0.458 e. The van der Waals surface area contributed by atoms with Gasteiger partial charge in [0.15, 0.2) is 15.9 Å². The van der Waals surface area contributed by atoms with Crippen LogP contribution in [0.1, 0.15) is 38.3 Å². The van der Waals surface area contributed by atoms with Gasteiger partial charge in [-0.25, -0.2) is 13.2 Å². The van der Waals surface area contributed by atoms with Gasteiger partial charge in [-0.05, 0) is 44.0 Å². The van der Waals surface area contributed by atoms with Gasteiger partial charge < -0.3 is 10.1 Å². The van der Waals surface area contributed by atoms with Crippen molar-refractivity contribution in [1.82, 2.24) is 5.32 Å². The second-order valence-corrected chi connectivity index (χ2v) is 11.2. The van der Waals surface area contributed by atoms with E-state index >= 15 is 0 Å². The van der Waals surface area contributed by atoms with Gasteiger partial charge in [0.1, 0.15) is 11.3 Å². The lowest BCUT2D eigenvalue weighted by Gasteiger charge is -2.26. The summed E-state index contributed by atoms with van der Waals surface area (Å²) in [7, 11) is -3.11. The summed E-state index contributed by atoms with van der Waals surface area (Å²) in [4.78, 5) is 25.6. The van der Waals surface area contributed by atoms with E-state index in [-0.39, 0.29) is 30.3 Å². The summed E-state index contributed by atoms with van der Waals surface area (Å²) in [5.74, 6) is -0.848. The monoisotopic (exact) mass is 471 g/mol. The Bertz CT molecular complexity index is 1140. The van der Waals surface area contributed by atoms with Crippen molar-refractivity contribution in [2.45, 2.75) is 51.1 Å². The number of amides is 1. The second-order valence-electron chi connectivity index (χ2n) is 9.05. The number of nitrogens with one attached hydrogen (secondary N) is 1. The normalized spacial score (nSPS) is 16.3. The van der Waals surface area contributed by atoms with E-state index in [1.165, 1.54) is 11.3 Å². The maximum absolute atomic E-state index is 12.8. The molecule has 0 fully saturated rings. The number of para-hydroxylation sites is 1. The molecular weight excluding hydrogens is 442 g/mol. The van der Waals surface area contributed by atoms with Gasteiger partial charge >= 0.3 is 5.97 Å². The van der Waals surface area contributed by atoms with Crippen molar-refractivity contribution in [3.8, 4) is 0 Å². The van der Waals surface area contributed by atoms with Crippen molar-refractivity contribution in [3.05, 3.63) is 65.7 Å². The molecule has 0 bridgehead atoms. The average molecular weight is 472 g/mol. The third-order valence-electron chi connectivity index (χ3n) is 4.78. The van der Waals surface area contributed by atoms with Crippen LogP contribution in [0.15, 0.2) is 59.7 Å². The van der Waals surface area contributed by atoms with E-state index in [1.54, 1.807) is 45.0 Å². The molecule has 3 rings (SSSR count). The standard InChI is InChI=1S/C24H29N3O5S/c1-24(2,3)32-23(29)21-14-20(26-27(21)19-8-6-5-7-9-19)22(28)25-15-17-10-12-18(13-11-17)16-33(4,30)31/h5-13,21H,14-16H2,1-4H3,(H,25,28)/t21-/m0/s1. The van der Waals surface area contributed by atoms with E-state index in [1.807, 2.05) is 30.3 Å². The van der Waals surface area contributed by atoms with Gasteiger partial charge in [0, 0.05) is 19.2 Å². The lowest BCUT2D eigenvalue weighted by Crippen LogP contribution is -2.40. The topological polar surface area (TPSA) is 105 Å².